The fourth-order valence-corrected chi connectivity index (χ4v) is 3.07. The highest BCUT2D eigenvalue weighted by Crippen LogP contribution is 2.38. The molecule has 2 aromatic carbocycles. The summed E-state index contributed by atoms with van der Waals surface area (Å²) in [5.41, 5.74) is 8.55. The van der Waals surface area contributed by atoms with E-state index >= 15 is 0 Å². The molecule has 0 atom stereocenters. The maximum atomic E-state index is 13.1. The predicted octanol–water partition coefficient (Wildman–Crippen LogP) is 4.28. The van der Waals surface area contributed by atoms with Crippen LogP contribution >= 0.6 is 11.6 Å². The standard InChI is InChI=1S/C21H16ClN3O2/c22-17-7-2-1-5-14(17)13-25-18-11-15(23)8-9-19(18)27-20(21(25)26)12-16-6-3-4-10-24-16/h1-12H,13,23H2/b20-12+. The molecule has 6 heteroatoms. The highest BCUT2D eigenvalue weighted by atomic mass is 35.5. The summed E-state index contributed by atoms with van der Waals surface area (Å²) in [4.78, 5) is 19.0. The van der Waals surface area contributed by atoms with Crippen LogP contribution in [0.1, 0.15) is 11.3 Å². The average Bonchev–Trinajstić information content (AvgIpc) is 2.68. The van der Waals surface area contributed by atoms with Crippen molar-refractivity contribution in [1.82, 2.24) is 4.98 Å². The minimum atomic E-state index is -0.279. The number of halogens is 1. The molecule has 5 nitrogen and oxygen atoms in total. The Morgan fingerprint density at radius 1 is 1.11 bits per heavy atom. The fraction of sp³-hybridized carbons (Fsp3) is 0.0476. The van der Waals surface area contributed by atoms with Crippen LogP contribution < -0.4 is 15.4 Å². The lowest BCUT2D eigenvalue weighted by Crippen LogP contribution is -2.37. The van der Waals surface area contributed by atoms with Gasteiger partial charge in [0.15, 0.2) is 11.5 Å². The second-order valence-corrected chi connectivity index (χ2v) is 6.48. The van der Waals surface area contributed by atoms with Gasteiger partial charge < -0.3 is 10.5 Å². The van der Waals surface area contributed by atoms with Crippen LogP contribution in [0.4, 0.5) is 11.4 Å². The monoisotopic (exact) mass is 377 g/mol. The molecule has 1 aromatic heterocycles. The number of aromatic nitrogens is 1. The largest absolute Gasteiger partial charge is 0.449 e. The van der Waals surface area contributed by atoms with E-state index in [1.807, 2.05) is 30.3 Å². The Morgan fingerprint density at radius 3 is 2.70 bits per heavy atom. The van der Waals surface area contributed by atoms with Gasteiger partial charge in [-0.15, -0.1) is 0 Å². The van der Waals surface area contributed by atoms with Gasteiger partial charge in [0.25, 0.3) is 5.91 Å². The van der Waals surface area contributed by atoms with Crippen LogP contribution in [0.2, 0.25) is 5.02 Å². The average molecular weight is 378 g/mol. The summed E-state index contributed by atoms with van der Waals surface area (Å²) in [5.74, 6) is 0.467. The first kappa shape index (κ1) is 17.1. The Bertz CT molecular complexity index is 1030. The van der Waals surface area contributed by atoms with Gasteiger partial charge in [-0.1, -0.05) is 35.9 Å². The summed E-state index contributed by atoms with van der Waals surface area (Å²) < 4.78 is 5.84. The summed E-state index contributed by atoms with van der Waals surface area (Å²) >= 11 is 6.30. The highest BCUT2D eigenvalue weighted by molar-refractivity contribution is 6.31. The highest BCUT2D eigenvalue weighted by Gasteiger charge is 2.31. The van der Waals surface area contributed by atoms with Gasteiger partial charge in [0.2, 0.25) is 0 Å². The molecule has 4 rings (SSSR count). The number of fused-ring (bicyclic) bond motifs is 1. The first-order valence-corrected chi connectivity index (χ1v) is 8.75. The topological polar surface area (TPSA) is 68.5 Å². The Hall–Kier alpha value is -3.31. The molecule has 0 saturated heterocycles. The third-order valence-corrected chi connectivity index (χ3v) is 4.57. The SMILES string of the molecule is Nc1ccc2c(c1)N(Cc1ccccc1Cl)C(=O)/C(=C\c1ccccn1)O2. The number of carbonyl (C=O) groups excluding carboxylic acids is 1. The smallest absolute Gasteiger partial charge is 0.294 e. The van der Waals surface area contributed by atoms with Gasteiger partial charge >= 0.3 is 0 Å². The number of carbonyl (C=O) groups is 1. The van der Waals surface area contributed by atoms with Crippen molar-refractivity contribution in [1.29, 1.82) is 0 Å². The normalized spacial score (nSPS) is 14.8. The maximum absolute atomic E-state index is 13.1. The number of nitrogen functional groups attached to an aromatic ring is 1. The molecular weight excluding hydrogens is 362 g/mol. The first-order valence-electron chi connectivity index (χ1n) is 8.37. The molecule has 0 spiro atoms. The number of rotatable bonds is 3. The third-order valence-electron chi connectivity index (χ3n) is 4.20. The number of hydrogen-bond acceptors (Lipinski definition) is 4. The lowest BCUT2D eigenvalue weighted by atomic mass is 10.1. The van der Waals surface area contributed by atoms with Gasteiger partial charge in [-0.05, 0) is 42.0 Å². The summed E-state index contributed by atoms with van der Waals surface area (Å²) in [5, 5.41) is 0.595. The van der Waals surface area contributed by atoms with E-state index in [1.165, 1.54) is 0 Å². The molecule has 134 valence electrons. The molecule has 1 amide bonds. The number of hydrogen-bond donors (Lipinski definition) is 1. The van der Waals surface area contributed by atoms with E-state index < -0.39 is 0 Å². The first-order chi connectivity index (χ1) is 13.1. The Labute approximate surface area is 161 Å². The number of amides is 1. The molecule has 2 N–H and O–H groups in total. The van der Waals surface area contributed by atoms with Gasteiger partial charge in [-0.3, -0.25) is 14.7 Å². The quantitative estimate of drug-likeness (QED) is 0.546. The van der Waals surface area contributed by atoms with Crippen LogP contribution in [-0.4, -0.2) is 10.9 Å². The van der Waals surface area contributed by atoms with E-state index in [2.05, 4.69) is 4.98 Å². The molecule has 0 bridgehead atoms. The lowest BCUT2D eigenvalue weighted by molar-refractivity contribution is -0.117. The molecule has 1 aliphatic rings. The van der Waals surface area contributed by atoms with Gasteiger partial charge in [0, 0.05) is 23.0 Å². The Kier molecular flexibility index (Phi) is 4.52. The lowest BCUT2D eigenvalue weighted by Gasteiger charge is -2.31. The van der Waals surface area contributed by atoms with Crippen molar-refractivity contribution in [2.45, 2.75) is 6.54 Å². The zero-order chi connectivity index (χ0) is 18.8. The molecule has 0 aliphatic carbocycles. The number of nitrogens with zero attached hydrogens (tertiary/aromatic N) is 2. The molecule has 0 unspecified atom stereocenters. The minimum Gasteiger partial charge on any atom is -0.449 e. The van der Waals surface area contributed by atoms with E-state index in [4.69, 9.17) is 22.1 Å². The van der Waals surface area contributed by atoms with Crippen molar-refractivity contribution in [2.75, 3.05) is 10.6 Å². The van der Waals surface area contributed by atoms with Crippen LogP contribution in [0.5, 0.6) is 5.75 Å². The van der Waals surface area contributed by atoms with Crippen LogP contribution in [0.25, 0.3) is 6.08 Å². The van der Waals surface area contributed by atoms with E-state index in [0.29, 0.717) is 34.4 Å². The summed E-state index contributed by atoms with van der Waals surface area (Å²) in [6, 6.07) is 18.1. The van der Waals surface area contributed by atoms with Crippen LogP contribution in [0.15, 0.2) is 72.6 Å². The van der Waals surface area contributed by atoms with Crippen molar-refractivity contribution in [3.8, 4) is 5.75 Å². The zero-order valence-corrected chi connectivity index (χ0v) is 15.1. The van der Waals surface area contributed by atoms with Gasteiger partial charge in [-0.2, -0.15) is 0 Å². The van der Waals surface area contributed by atoms with Crippen LogP contribution in [0, 0.1) is 0 Å². The van der Waals surface area contributed by atoms with Crippen LogP contribution in [-0.2, 0) is 11.3 Å². The van der Waals surface area contributed by atoms with Crippen molar-refractivity contribution >= 4 is 35.0 Å². The van der Waals surface area contributed by atoms with Gasteiger partial charge in [0.1, 0.15) is 0 Å². The Morgan fingerprint density at radius 2 is 1.93 bits per heavy atom. The number of ether oxygens (including phenoxy) is 1. The summed E-state index contributed by atoms with van der Waals surface area (Å²) in [7, 11) is 0. The van der Waals surface area contributed by atoms with Gasteiger partial charge in [-0.25, -0.2) is 0 Å². The molecule has 0 radical (unpaired) electrons. The third kappa shape index (κ3) is 3.50. The molecule has 0 fully saturated rings. The molecule has 3 aromatic rings. The summed E-state index contributed by atoms with van der Waals surface area (Å²) in [6.45, 7) is 0.303. The predicted molar refractivity (Wildman–Crippen MR) is 106 cm³/mol. The van der Waals surface area contributed by atoms with Gasteiger partial charge in [0.05, 0.1) is 17.9 Å². The maximum Gasteiger partial charge on any atom is 0.294 e. The number of nitrogens with two attached hydrogens (primary N) is 1. The van der Waals surface area contributed by atoms with E-state index in [-0.39, 0.29) is 11.7 Å². The van der Waals surface area contributed by atoms with Crippen molar-refractivity contribution < 1.29 is 9.53 Å². The molecule has 27 heavy (non-hydrogen) atoms. The van der Waals surface area contributed by atoms with Crippen LogP contribution in [0.3, 0.4) is 0 Å². The second kappa shape index (κ2) is 7.13. The minimum absolute atomic E-state index is 0.193. The molecule has 1 aliphatic heterocycles. The second-order valence-electron chi connectivity index (χ2n) is 6.08. The number of anilines is 2. The van der Waals surface area contributed by atoms with Crippen molar-refractivity contribution in [3.05, 3.63) is 88.9 Å². The summed E-state index contributed by atoms with van der Waals surface area (Å²) in [6.07, 6.45) is 3.29. The molecular formula is C21H16ClN3O2. The zero-order valence-electron chi connectivity index (χ0n) is 14.3. The Balaban J connectivity index is 1.78. The fourth-order valence-electron chi connectivity index (χ4n) is 2.88. The molecule has 2 heterocycles. The number of pyridine rings is 1. The number of benzene rings is 2. The van der Waals surface area contributed by atoms with Crippen molar-refractivity contribution in [3.63, 3.8) is 0 Å². The van der Waals surface area contributed by atoms with E-state index in [0.717, 1.165) is 5.56 Å². The molecule has 0 saturated carbocycles. The van der Waals surface area contributed by atoms with E-state index in [9.17, 15) is 4.79 Å². The van der Waals surface area contributed by atoms with Crippen molar-refractivity contribution in [2.24, 2.45) is 0 Å². The van der Waals surface area contributed by atoms with E-state index in [1.54, 1.807) is 47.5 Å².